The second-order valence-corrected chi connectivity index (χ2v) is 7.17. The summed E-state index contributed by atoms with van der Waals surface area (Å²) in [5, 5.41) is 0. The fourth-order valence-electron chi connectivity index (χ4n) is 3.26. The molecule has 0 spiro atoms. The Labute approximate surface area is 164 Å². The van der Waals surface area contributed by atoms with Crippen LogP contribution >= 0.6 is 15.9 Å². The number of carbonyl (C=O) groups excluding carboxylic acids is 2. The number of esters is 1. The number of rotatable bonds is 5. The molecule has 1 unspecified atom stereocenters. The zero-order valence-corrected chi connectivity index (χ0v) is 16.7. The quantitative estimate of drug-likeness (QED) is 0.511. The van der Waals surface area contributed by atoms with Crippen molar-refractivity contribution in [2.45, 2.75) is 25.7 Å². The van der Waals surface area contributed by atoms with Crippen LogP contribution in [0, 0.1) is 5.82 Å². The summed E-state index contributed by atoms with van der Waals surface area (Å²) >= 11 is 3.39. The molecule has 142 valence electrons. The molecule has 0 aromatic heterocycles. The number of halogens is 2. The molecule has 7 heteroatoms. The van der Waals surface area contributed by atoms with Gasteiger partial charge in [0.15, 0.2) is 17.3 Å². The van der Waals surface area contributed by atoms with Crippen LogP contribution in [0.3, 0.4) is 0 Å². The summed E-state index contributed by atoms with van der Waals surface area (Å²) in [6.07, 6.45) is 0.152. The van der Waals surface area contributed by atoms with Gasteiger partial charge in [-0.2, -0.15) is 0 Å². The van der Waals surface area contributed by atoms with Gasteiger partial charge in [0.1, 0.15) is 11.6 Å². The van der Waals surface area contributed by atoms with Crippen molar-refractivity contribution < 1.29 is 28.2 Å². The molecular formula is C20H18BrFO5. The third-order valence-electron chi connectivity index (χ3n) is 4.53. The van der Waals surface area contributed by atoms with Crippen LogP contribution < -0.4 is 14.2 Å². The Morgan fingerprint density at radius 2 is 1.85 bits per heavy atom. The molecule has 2 aromatic carbocycles. The smallest absolute Gasteiger partial charge is 0.315 e. The molecule has 5 nitrogen and oxygen atoms in total. The average Bonchev–Trinajstić information content (AvgIpc) is 2.94. The van der Waals surface area contributed by atoms with Crippen molar-refractivity contribution in [1.82, 2.24) is 0 Å². The molecule has 0 saturated heterocycles. The second-order valence-electron chi connectivity index (χ2n) is 6.31. The van der Waals surface area contributed by atoms with E-state index >= 15 is 0 Å². The van der Waals surface area contributed by atoms with Gasteiger partial charge in [-0.25, -0.2) is 4.39 Å². The van der Waals surface area contributed by atoms with Crippen molar-refractivity contribution in [2.24, 2.45) is 0 Å². The SMILES string of the molecule is COc1cc(Br)c(CC(=O)Oc2ccc(F)c3c2C(=O)CC3C)cc1OC. The highest BCUT2D eigenvalue weighted by molar-refractivity contribution is 9.10. The molecule has 0 saturated carbocycles. The lowest BCUT2D eigenvalue weighted by Crippen LogP contribution is -2.14. The van der Waals surface area contributed by atoms with Crippen LogP contribution in [0.1, 0.15) is 40.7 Å². The third kappa shape index (κ3) is 3.69. The first kappa shape index (κ1) is 19.4. The predicted octanol–water partition coefficient (Wildman–Crippen LogP) is 4.44. The largest absolute Gasteiger partial charge is 0.493 e. The minimum atomic E-state index is -0.566. The topological polar surface area (TPSA) is 61.8 Å². The van der Waals surface area contributed by atoms with Gasteiger partial charge in [0.05, 0.1) is 26.2 Å². The fraction of sp³-hybridized carbons (Fsp3) is 0.300. The molecule has 27 heavy (non-hydrogen) atoms. The Hall–Kier alpha value is -2.41. The first-order valence-electron chi connectivity index (χ1n) is 8.32. The normalized spacial score (nSPS) is 15.4. The van der Waals surface area contributed by atoms with Gasteiger partial charge in [-0.1, -0.05) is 22.9 Å². The number of ether oxygens (including phenoxy) is 3. The maximum Gasteiger partial charge on any atom is 0.315 e. The molecule has 0 N–H and O–H groups in total. The number of methoxy groups -OCH3 is 2. The van der Waals surface area contributed by atoms with Crippen LogP contribution in [0.15, 0.2) is 28.7 Å². The Balaban J connectivity index is 1.85. The van der Waals surface area contributed by atoms with E-state index < -0.39 is 11.8 Å². The number of fused-ring (bicyclic) bond motifs is 1. The van der Waals surface area contributed by atoms with Gasteiger partial charge in [-0.3, -0.25) is 9.59 Å². The number of benzene rings is 2. The Morgan fingerprint density at radius 3 is 2.52 bits per heavy atom. The monoisotopic (exact) mass is 436 g/mol. The van der Waals surface area contributed by atoms with E-state index in [-0.39, 0.29) is 35.9 Å². The van der Waals surface area contributed by atoms with Crippen LogP contribution in [0.25, 0.3) is 0 Å². The molecule has 0 bridgehead atoms. The molecule has 0 amide bonds. The molecule has 2 aromatic rings. The first-order chi connectivity index (χ1) is 12.8. The van der Waals surface area contributed by atoms with Crippen molar-refractivity contribution in [3.8, 4) is 17.2 Å². The van der Waals surface area contributed by atoms with E-state index in [9.17, 15) is 14.0 Å². The van der Waals surface area contributed by atoms with E-state index in [0.29, 0.717) is 27.1 Å². The molecule has 1 aliphatic rings. The van der Waals surface area contributed by atoms with Crippen molar-refractivity contribution in [1.29, 1.82) is 0 Å². The van der Waals surface area contributed by atoms with Crippen LogP contribution in [0.5, 0.6) is 17.2 Å². The standard InChI is InChI=1S/C20H18BrFO5/c1-10-6-14(23)20-15(5-4-13(22)19(10)20)27-18(24)8-11-7-16(25-2)17(26-3)9-12(11)21/h4-5,7,9-10H,6,8H2,1-3H3. The Kier molecular flexibility index (Phi) is 5.51. The predicted molar refractivity (Wildman–Crippen MR) is 100 cm³/mol. The van der Waals surface area contributed by atoms with Gasteiger partial charge in [0, 0.05) is 16.5 Å². The van der Waals surface area contributed by atoms with Gasteiger partial charge >= 0.3 is 5.97 Å². The van der Waals surface area contributed by atoms with Crippen molar-refractivity contribution in [3.05, 3.63) is 51.2 Å². The minimum Gasteiger partial charge on any atom is -0.493 e. The van der Waals surface area contributed by atoms with Crippen LogP contribution in [0.2, 0.25) is 0 Å². The van der Waals surface area contributed by atoms with Crippen molar-refractivity contribution in [3.63, 3.8) is 0 Å². The molecule has 0 fully saturated rings. The van der Waals surface area contributed by atoms with Crippen molar-refractivity contribution in [2.75, 3.05) is 14.2 Å². The van der Waals surface area contributed by atoms with Gasteiger partial charge in [0.25, 0.3) is 0 Å². The fourth-order valence-corrected chi connectivity index (χ4v) is 3.72. The number of ketones is 1. The molecule has 3 rings (SSSR count). The van der Waals surface area contributed by atoms with Gasteiger partial charge in [-0.15, -0.1) is 0 Å². The van der Waals surface area contributed by atoms with Crippen LogP contribution in [0.4, 0.5) is 4.39 Å². The molecule has 0 heterocycles. The number of carbonyl (C=O) groups is 2. The zero-order chi connectivity index (χ0) is 19.7. The molecular weight excluding hydrogens is 419 g/mol. The van der Waals surface area contributed by atoms with E-state index in [2.05, 4.69) is 15.9 Å². The van der Waals surface area contributed by atoms with Gasteiger partial charge < -0.3 is 14.2 Å². The number of hydrogen-bond acceptors (Lipinski definition) is 5. The lowest BCUT2D eigenvalue weighted by atomic mass is 10.0. The minimum absolute atomic E-state index is 0.0587. The Bertz CT molecular complexity index is 925. The van der Waals surface area contributed by atoms with E-state index in [1.165, 1.54) is 26.4 Å². The third-order valence-corrected chi connectivity index (χ3v) is 5.27. The maximum atomic E-state index is 14.1. The lowest BCUT2D eigenvalue weighted by Gasteiger charge is -2.13. The summed E-state index contributed by atoms with van der Waals surface area (Å²) < 4.78 is 30.6. The van der Waals surface area contributed by atoms with Crippen LogP contribution in [-0.2, 0) is 11.2 Å². The summed E-state index contributed by atoms with van der Waals surface area (Å²) in [6, 6.07) is 5.92. The van der Waals surface area contributed by atoms with E-state index in [1.807, 2.05) is 0 Å². The first-order valence-corrected chi connectivity index (χ1v) is 9.11. The number of hydrogen-bond donors (Lipinski definition) is 0. The zero-order valence-electron chi connectivity index (χ0n) is 15.1. The maximum absolute atomic E-state index is 14.1. The summed E-state index contributed by atoms with van der Waals surface area (Å²) in [5.74, 6) is -0.358. The second kappa shape index (κ2) is 7.68. The number of Topliss-reactive ketones (excluding diaryl/α,β-unsaturated/α-hetero) is 1. The van der Waals surface area contributed by atoms with Crippen LogP contribution in [-0.4, -0.2) is 26.0 Å². The summed E-state index contributed by atoms with van der Waals surface area (Å²) in [7, 11) is 3.02. The highest BCUT2D eigenvalue weighted by atomic mass is 79.9. The highest BCUT2D eigenvalue weighted by Gasteiger charge is 2.33. The molecule has 0 aliphatic heterocycles. The molecule has 1 aliphatic carbocycles. The van der Waals surface area contributed by atoms with Gasteiger partial charge in [0.2, 0.25) is 0 Å². The highest BCUT2D eigenvalue weighted by Crippen LogP contribution is 2.40. The molecule has 0 radical (unpaired) electrons. The van der Waals surface area contributed by atoms with E-state index in [1.54, 1.807) is 19.1 Å². The average molecular weight is 437 g/mol. The van der Waals surface area contributed by atoms with Gasteiger partial charge in [-0.05, 0) is 35.7 Å². The lowest BCUT2D eigenvalue weighted by molar-refractivity contribution is -0.133. The van der Waals surface area contributed by atoms with E-state index in [0.717, 1.165) is 0 Å². The summed E-state index contributed by atoms with van der Waals surface area (Å²) in [6.45, 7) is 1.78. The Morgan fingerprint density at radius 1 is 1.19 bits per heavy atom. The summed E-state index contributed by atoms with van der Waals surface area (Å²) in [5.41, 5.74) is 1.12. The van der Waals surface area contributed by atoms with E-state index in [4.69, 9.17) is 14.2 Å². The van der Waals surface area contributed by atoms with Crippen molar-refractivity contribution >= 4 is 27.7 Å². The molecule has 1 atom stereocenters. The summed E-state index contributed by atoms with van der Waals surface area (Å²) in [4.78, 5) is 24.6.